The number of carbonyl (C=O) groups is 1. The molecule has 3 rings (SSSR count). The third-order valence-electron chi connectivity index (χ3n) is 3.46. The summed E-state index contributed by atoms with van der Waals surface area (Å²) in [6.07, 6.45) is -0.782. The van der Waals surface area contributed by atoms with E-state index in [2.05, 4.69) is 12.1 Å². The second-order valence-corrected chi connectivity index (χ2v) is 5.32. The maximum atomic E-state index is 10.9. The molecule has 0 aliphatic heterocycles. The standard InChI is InChI=1S/C15H13NO2S/c16-14(17)18-9-15(19)12-7-3-1-5-10(12)11-6-2-4-8-13(11)15/h1-8,19H,9H2,(H2,16,17). The summed E-state index contributed by atoms with van der Waals surface area (Å²) < 4.78 is 4.37. The van der Waals surface area contributed by atoms with Crippen LogP contribution in [0.15, 0.2) is 48.5 Å². The summed E-state index contributed by atoms with van der Waals surface area (Å²) in [4.78, 5) is 10.9. The predicted molar refractivity (Wildman–Crippen MR) is 77.2 cm³/mol. The summed E-state index contributed by atoms with van der Waals surface area (Å²) in [5.41, 5.74) is 9.41. The molecule has 19 heavy (non-hydrogen) atoms. The van der Waals surface area contributed by atoms with E-state index in [-0.39, 0.29) is 6.61 Å². The zero-order valence-electron chi connectivity index (χ0n) is 10.2. The van der Waals surface area contributed by atoms with Crippen LogP contribution in [0.1, 0.15) is 11.1 Å². The molecule has 0 spiro atoms. The lowest BCUT2D eigenvalue weighted by molar-refractivity contribution is 0.150. The summed E-state index contributed by atoms with van der Waals surface area (Å²) >= 11 is 4.78. The molecule has 0 radical (unpaired) electrons. The molecule has 2 aromatic rings. The normalized spacial score (nSPS) is 14.6. The Bertz CT molecular complexity index is 609. The number of fused-ring (bicyclic) bond motifs is 3. The minimum absolute atomic E-state index is 0.124. The molecule has 4 heteroatoms. The largest absolute Gasteiger partial charge is 0.448 e. The second-order valence-electron chi connectivity index (χ2n) is 4.56. The van der Waals surface area contributed by atoms with Crippen LogP contribution in [0.5, 0.6) is 0 Å². The van der Waals surface area contributed by atoms with Crippen molar-refractivity contribution in [1.82, 2.24) is 0 Å². The lowest BCUT2D eigenvalue weighted by atomic mass is 9.97. The Morgan fingerprint density at radius 1 is 1.05 bits per heavy atom. The number of nitrogens with two attached hydrogens (primary N) is 1. The monoisotopic (exact) mass is 271 g/mol. The van der Waals surface area contributed by atoms with Gasteiger partial charge in [-0.2, -0.15) is 12.6 Å². The Morgan fingerprint density at radius 2 is 1.53 bits per heavy atom. The van der Waals surface area contributed by atoms with Crippen LogP contribution >= 0.6 is 12.6 Å². The molecule has 3 nitrogen and oxygen atoms in total. The minimum Gasteiger partial charge on any atom is -0.448 e. The number of benzene rings is 2. The average Bonchev–Trinajstić information content (AvgIpc) is 2.69. The van der Waals surface area contributed by atoms with Crippen molar-refractivity contribution in [2.75, 3.05) is 6.61 Å². The van der Waals surface area contributed by atoms with E-state index in [9.17, 15) is 4.79 Å². The Kier molecular flexibility index (Phi) is 2.75. The van der Waals surface area contributed by atoms with Gasteiger partial charge in [0.1, 0.15) is 6.61 Å². The van der Waals surface area contributed by atoms with Gasteiger partial charge in [0.25, 0.3) is 0 Å². The third-order valence-corrected chi connectivity index (χ3v) is 4.07. The van der Waals surface area contributed by atoms with Gasteiger partial charge >= 0.3 is 6.09 Å². The molecular formula is C15H13NO2S. The number of hydrogen-bond donors (Lipinski definition) is 2. The first kappa shape index (κ1) is 12.1. The number of rotatable bonds is 2. The van der Waals surface area contributed by atoms with Crippen LogP contribution in [-0.4, -0.2) is 12.7 Å². The van der Waals surface area contributed by atoms with Crippen molar-refractivity contribution in [1.29, 1.82) is 0 Å². The quantitative estimate of drug-likeness (QED) is 0.825. The SMILES string of the molecule is NC(=O)OCC1(S)c2ccccc2-c2ccccc21. The summed E-state index contributed by atoms with van der Waals surface area (Å²) in [6, 6.07) is 16.0. The van der Waals surface area contributed by atoms with Crippen LogP contribution in [-0.2, 0) is 9.48 Å². The highest BCUT2D eigenvalue weighted by atomic mass is 32.1. The molecule has 1 amide bonds. The molecule has 0 saturated heterocycles. The van der Waals surface area contributed by atoms with Gasteiger partial charge in [-0.15, -0.1) is 0 Å². The van der Waals surface area contributed by atoms with E-state index in [1.165, 1.54) is 0 Å². The molecule has 0 heterocycles. The first-order valence-corrected chi connectivity index (χ1v) is 6.41. The smallest absolute Gasteiger partial charge is 0.404 e. The van der Waals surface area contributed by atoms with Gasteiger partial charge in [0.05, 0.1) is 4.75 Å². The van der Waals surface area contributed by atoms with Crippen LogP contribution < -0.4 is 5.73 Å². The van der Waals surface area contributed by atoms with Gasteiger partial charge in [-0.05, 0) is 22.3 Å². The van der Waals surface area contributed by atoms with Gasteiger partial charge in [-0.25, -0.2) is 4.79 Å². The Morgan fingerprint density at radius 3 is 2.00 bits per heavy atom. The summed E-state index contributed by atoms with van der Waals surface area (Å²) in [6.45, 7) is 0.124. The lowest BCUT2D eigenvalue weighted by Crippen LogP contribution is -2.28. The van der Waals surface area contributed by atoms with Gasteiger partial charge in [0.2, 0.25) is 0 Å². The van der Waals surface area contributed by atoms with Gasteiger partial charge in [-0.1, -0.05) is 48.5 Å². The first-order valence-electron chi connectivity index (χ1n) is 5.97. The number of hydrogen-bond acceptors (Lipinski definition) is 3. The van der Waals surface area contributed by atoms with Crippen LogP contribution in [0.2, 0.25) is 0 Å². The van der Waals surface area contributed by atoms with E-state index in [1.54, 1.807) is 0 Å². The Balaban J connectivity index is 2.16. The molecule has 0 atom stereocenters. The van der Waals surface area contributed by atoms with Crippen molar-refractivity contribution in [3.8, 4) is 11.1 Å². The van der Waals surface area contributed by atoms with Crippen LogP contribution in [0.3, 0.4) is 0 Å². The van der Waals surface area contributed by atoms with E-state index in [4.69, 9.17) is 23.1 Å². The van der Waals surface area contributed by atoms with E-state index in [0.717, 1.165) is 22.3 Å². The molecule has 1 aliphatic carbocycles. The number of primary amides is 1. The van der Waals surface area contributed by atoms with Gasteiger partial charge in [0, 0.05) is 0 Å². The van der Waals surface area contributed by atoms with E-state index in [1.807, 2.05) is 36.4 Å². The molecule has 0 bridgehead atoms. The van der Waals surface area contributed by atoms with Crippen LogP contribution in [0.4, 0.5) is 4.79 Å². The molecule has 0 unspecified atom stereocenters. The fourth-order valence-electron chi connectivity index (χ4n) is 2.63. The molecule has 1 aliphatic rings. The molecular weight excluding hydrogens is 258 g/mol. The number of amides is 1. The number of thiol groups is 1. The van der Waals surface area contributed by atoms with E-state index < -0.39 is 10.8 Å². The summed E-state index contributed by atoms with van der Waals surface area (Å²) in [5, 5.41) is 0. The maximum Gasteiger partial charge on any atom is 0.404 e. The highest BCUT2D eigenvalue weighted by Crippen LogP contribution is 2.51. The average molecular weight is 271 g/mol. The Labute approximate surface area is 116 Å². The second kappa shape index (κ2) is 4.31. The van der Waals surface area contributed by atoms with Crippen LogP contribution in [0.25, 0.3) is 11.1 Å². The van der Waals surface area contributed by atoms with Crippen molar-refractivity contribution in [3.63, 3.8) is 0 Å². The zero-order valence-corrected chi connectivity index (χ0v) is 11.1. The molecule has 0 fully saturated rings. The van der Waals surface area contributed by atoms with Crippen molar-refractivity contribution < 1.29 is 9.53 Å². The highest BCUT2D eigenvalue weighted by Gasteiger charge is 2.41. The number of carbonyl (C=O) groups excluding carboxylic acids is 1. The van der Waals surface area contributed by atoms with Crippen LogP contribution in [0, 0.1) is 0 Å². The van der Waals surface area contributed by atoms with Crippen molar-refractivity contribution >= 4 is 18.7 Å². The topological polar surface area (TPSA) is 52.3 Å². The van der Waals surface area contributed by atoms with Gasteiger partial charge < -0.3 is 10.5 Å². The summed E-state index contributed by atoms with van der Waals surface area (Å²) in [5.74, 6) is 0. The van der Waals surface area contributed by atoms with E-state index in [0.29, 0.717) is 0 Å². The molecule has 0 aromatic heterocycles. The van der Waals surface area contributed by atoms with Gasteiger partial charge in [0.15, 0.2) is 0 Å². The van der Waals surface area contributed by atoms with E-state index >= 15 is 0 Å². The minimum atomic E-state index is -0.782. The first-order chi connectivity index (χ1) is 9.13. The molecule has 96 valence electrons. The highest BCUT2D eigenvalue weighted by molar-refractivity contribution is 7.81. The van der Waals surface area contributed by atoms with Crippen molar-refractivity contribution in [3.05, 3.63) is 59.7 Å². The fraction of sp³-hybridized carbons (Fsp3) is 0.133. The predicted octanol–water partition coefficient (Wildman–Crippen LogP) is 2.94. The fourth-order valence-corrected chi connectivity index (χ4v) is 3.09. The molecule has 0 saturated carbocycles. The zero-order chi connectivity index (χ0) is 13.5. The maximum absolute atomic E-state index is 10.9. The summed E-state index contributed by atoms with van der Waals surface area (Å²) in [7, 11) is 0. The van der Waals surface area contributed by atoms with Crippen molar-refractivity contribution in [2.24, 2.45) is 5.73 Å². The number of ether oxygens (including phenoxy) is 1. The Hall–Kier alpha value is -1.94. The van der Waals surface area contributed by atoms with Crippen molar-refractivity contribution in [2.45, 2.75) is 4.75 Å². The third kappa shape index (κ3) is 1.79. The van der Waals surface area contributed by atoms with Gasteiger partial charge in [-0.3, -0.25) is 0 Å². The molecule has 2 N–H and O–H groups in total. The molecule has 2 aromatic carbocycles. The lowest BCUT2D eigenvalue weighted by Gasteiger charge is -2.25.